The van der Waals surface area contributed by atoms with E-state index in [1.54, 1.807) is 7.05 Å². The molecule has 1 aliphatic heterocycles. The van der Waals surface area contributed by atoms with E-state index in [2.05, 4.69) is 9.84 Å². The molecule has 1 atom stereocenters. The number of nitrogen functional groups attached to an aromatic ring is 1. The lowest BCUT2D eigenvalue weighted by Crippen LogP contribution is -2.46. The molecule has 0 spiro atoms. The first-order valence-corrected chi connectivity index (χ1v) is 7.76. The number of hydrogen-bond acceptors (Lipinski definition) is 7. The molecule has 1 aromatic rings. The Morgan fingerprint density at radius 2 is 2.33 bits per heavy atom. The van der Waals surface area contributed by atoms with Crippen LogP contribution in [0.1, 0.15) is 6.42 Å². The molecule has 2 rings (SSSR count). The minimum Gasteiger partial charge on any atom is -0.469 e. The lowest BCUT2D eigenvalue weighted by Gasteiger charge is -2.31. The Morgan fingerprint density at radius 3 is 2.90 bits per heavy atom. The summed E-state index contributed by atoms with van der Waals surface area (Å²) in [6.45, 7) is 0.487. The van der Waals surface area contributed by atoms with E-state index in [0.29, 0.717) is 0 Å². The number of nitrogens with zero attached hydrogens (tertiary/aromatic N) is 3. The number of hydrogen-bond donors (Lipinski definition) is 1. The van der Waals surface area contributed by atoms with Crippen LogP contribution >= 0.6 is 0 Å². The van der Waals surface area contributed by atoms with E-state index in [9.17, 15) is 13.2 Å². The molecule has 0 radical (unpaired) electrons. The van der Waals surface area contributed by atoms with E-state index in [0.717, 1.165) is 0 Å². The van der Waals surface area contributed by atoms with E-state index < -0.39 is 22.1 Å². The molecule has 2 heterocycles. The quantitative estimate of drug-likeness (QED) is 0.704. The van der Waals surface area contributed by atoms with Crippen LogP contribution in [0.15, 0.2) is 11.1 Å². The van der Waals surface area contributed by atoms with Gasteiger partial charge in [0.1, 0.15) is 4.90 Å². The summed E-state index contributed by atoms with van der Waals surface area (Å²) in [7, 11) is -0.889. The smallest absolute Gasteiger partial charge is 0.308 e. The van der Waals surface area contributed by atoms with Crippen molar-refractivity contribution in [3.05, 3.63) is 6.20 Å². The number of aryl methyl sites for hydroxylation is 1. The summed E-state index contributed by atoms with van der Waals surface area (Å²) in [6, 6.07) is 0. The highest BCUT2D eigenvalue weighted by Gasteiger charge is 2.34. The maximum absolute atomic E-state index is 12.5. The Morgan fingerprint density at radius 1 is 1.62 bits per heavy atom. The van der Waals surface area contributed by atoms with Crippen molar-refractivity contribution in [1.82, 2.24) is 14.1 Å². The average Bonchev–Trinajstić information content (AvgIpc) is 2.78. The van der Waals surface area contributed by atoms with E-state index in [1.165, 1.54) is 22.3 Å². The molecular formula is C11H18N4O5S. The van der Waals surface area contributed by atoms with E-state index in [4.69, 9.17) is 10.5 Å². The fraction of sp³-hybridized carbons (Fsp3) is 0.636. The van der Waals surface area contributed by atoms with E-state index >= 15 is 0 Å². The zero-order valence-corrected chi connectivity index (χ0v) is 12.7. The molecule has 2 N–H and O–H groups in total. The number of aromatic nitrogens is 2. The second kappa shape index (κ2) is 6.00. The third kappa shape index (κ3) is 3.34. The van der Waals surface area contributed by atoms with Gasteiger partial charge < -0.3 is 15.2 Å². The highest BCUT2D eigenvalue weighted by Crippen LogP contribution is 2.23. The fourth-order valence-corrected chi connectivity index (χ4v) is 3.67. The number of esters is 1. The topological polar surface area (TPSA) is 117 Å². The highest BCUT2D eigenvalue weighted by molar-refractivity contribution is 7.89. The molecule has 0 amide bonds. The monoisotopic (exact) mass is 318 g/mol. The summed E-state index contributed by atoms with van der Waals surface area (Å²) in [4.78, 5) is 11.2. The number of nitrogens with two attached hydrogens (primary N) is 1. The summed E-state index contributed by atoms with van der Waals surface area (Å²) in [6.07, 6.45) is 0.833. The molecule has 0 saturated carbocycles. The number of methoxy groups -OCH3 is 1. The molecule has 0 aliphatic carbocycles. The second-order valence-electron chi connectivity index (χ2n) is 4.69. The van der Waals surface area contributed by atoms with E-state index in [1.807, 2.05) is 0 Å². The second-order valence-corrected chi connectivity index (χ2v) is 6.59. The first-order valence-electron chi connectivity index (χ1n) is 6.32. The van der Waals surface area contributed by atoms with Crippen molar-refractivity contribution in [3.63, 3.8) is 0 Å². The zero-order valence-electron chi connectivity index (χ0n) is 11.9. The summed E-state index contributed by atoms with van der Waals surface area (Å²) in [5, 5.41) is 3.84. The van der Waals surface area contributed by atoms with Gasteiger partial charge in [0.2, 0.25) is 10.0 Å². The molecule has 1 aromatic heterocycles. The first kappa shape index (κ1) is 15.7. The zero-order chi connectivity index (χ0) is 15.6. The van der Waals surface area contributed by atoms with Crippen molar-refractivity contribution in [2.45, 2.75) is 17.4 Å². The average molecular weight is 318 g/mol. The van der Waals surface area contributed by atoms with Gasteiger partial charge >= 0.3 is 5.97 Å². The molecule has 1 saturated heterocycles. The minimum absolute atomic E-state index is 0.00500. The van der Waals surface area contributed by atoms with Crippen LogP contribution in [-0.4, -0.2) is 61.4 Å². The van der Waals surface area contributed by atoms with Crippen LogP contribution in [0.2, 0.25) is 0 Å². The molecule has 1 aliphatic rings. The molecule has 10 heteroatoms. The minimum atomic E-state index is -3.75. The molecule has 1 unspecified atom stereocenters. The molecular weight excluding hydrogens is 300 g/mol. The Bertz CT molecular complexity index is 627. The molecule has 118 valence electrons. The predicted molar refractivity (Wildman–Crippen MR) is 72.8 cm³/mol. The molecule has 21 heavy (non-hydrogen) atoms. The van der Waals surface area contributed by atoms with Crippen molar-refractivity contribution in [2.75, 3.05) is 32.5 Å². The Balaban J connectivity index is 2.16. The first-order chi connectivity index (χ1) is 9.84. The van der Waals surface area contributed by atoms with Gasteiger partial charge in [0.15, 0.2) is 5.82 Å². The summed E-state index contributed by atoms with van der Waals surface area (Å²) < 4.78 is 37.6. The van der Waals surface area contributed by atoms with Crippen LogP contribution in [0.25, 0.3) is 0 Å². The molecule has 0 aromatic carbocycles. The summed E-state index contributed by atoms with van der Waals surface area (Å²) in [5.41, 5.74) is 5.63. The maximum Gasteiger partial charge on any atom is 0.308 e. The molecule has 9 nitrogen and oxygen atoms in total. The Kier molecular flexibility index (Phi) is 4.49. The van der Waals surface area contributed by atoms with Gasteiger partial charge in [-0.3, -0.25) is 9.48 Å². The number of carbonyl (C=O) groups excluding carboxylic acids is 1. The lowest BCUT2D eigenvalue weighted by atomic mass is 10.2. The van der Waals surface area contributed by atoms with Gasteiger partial charge in [-0.25, -0.2) is 8.42 Å². The number of sulfonamides is 1. The normalized spacial score (nSPS) is 20.4. The third-order valence-corrected chi connectivity index (χ3v) is 5.05. The van der Waals surface area contributed by atoms with Gasteiger partial charge in [-0.05, 0) is 0 Å². The van der Waals surface area contributed by atoms with Crippen molar-refractivity contribution in [3.8, 4) is 0 Å². The molecule has 0 bridgehead atoms. The van der Waals surface area contributed by atoms with Crippen molar-refractivity contribution >= 4 is 21.8 Å². The van der Waals surface area contributed by atoms with Crippen LogP contribution < -0.4 is 5.73 Å². The summed E-state index contributed by atoms with van der Waals surface area (Å²) >= 11 is 0. The van der Waals surface area contributed by atoms with Crippen molar-refractivity contribution in [2.24, 2.45) is 7.05 Å². The standard InChI is InChI=1S/C11H18N4O5S/c1-14-7-9(11(12)13-14)21(17,18)15-3-4-20-8(6-15)5-10(16)19-2/h7-8H,3-6H2,1-2H3,(H2,12,13). The van der Waals surface area contributed by atoms with E-state index in [-0.39, 0.29) is 36.8 Å². The van der Waals surface area contributed by atoms with Crippen LogP contribution in [0, 0.1) is 0 Å². The Labute approximate surface area is 122 Å². The number of anilines is 1. The van der Waals surface area contributed by atoms with Crippen LogP contribution in [0.5, 0.6) is 0 Å². The van der Waals surface area contributed by atoms with Gasteiger partial charge in [-0.15, -0.1) is 0 Å². The van der Waals surface area contributed by atoms with Crippen LogP contribution in [-0.2, 0) is 31.3 Å². The van der Waals surface area contributed by atoms with Crippen molar-refractivity contribution < 1.29 is 22.7 Å². The fourth-order valence-electron chi connectivity index (χ4n) is 2.13. The van der Waals surface area contributed by atoms with Gasteiger partial charge in [0.05, 0.1) is 26.2 Å². The van der Waals surface area contributed by atoms with Gasteiger partial charge in [0, 0.05) is 26.3 Å². The number of morpholine rings is 1. The van der Waals surface area contributed by atoms with Gasteiger partial charge in [-0.2, -0.15) is 9.40 Å². The lowest BCUT2D eigenvalue weighted by molar-refractivity contribution is -0.145. The third-order valence-electron chi connectivity index (χ3n) is 3.16. The van der Waals surface area contributed by atoms with Crippen molar-refractivity contribution in [1.29, 1.82) is 0 Å². The van der Waals surface area contributed by atoms with Gasteiger partial charge in [-0.1, -0.05) is 0 Å². The molecule has 1 fully saturated rings. The number of carbonyl (C=O) groups is 1. The number of rotatable bonds is 4. The SMILES string of the molecule is COC(=O)CC1CN(S(=O)(=O)c2cn(C)nc2N)CCO1. The summed E-state index contributed by atoms with van der Waals surface area (Å²) in [5.74, 6) is -0.492. The van der Waals surface area contributed by atoms with Crippen LogP contribution in [0.4, 0.5) is 5.82 Å². The highest BCUT2D eigenvalue weighted by atomic mass is 32.2. The predicted octanol–water partition coefficient (Wildman–Crippen LogP) is -1.05. The largest absolute Gasteiger partial charge is 0.469 e. The van der Waals surface area contributed by atoms with Gasteiger partial charge in [0.25, 0.3) is 0 Å². The maximum atomic E-state index is 12.5. The Hall–Kier alpha value is -1.65. The van der Waals surface area contributed by atoms with Crippen LogP contribution in [0.3, 0.4) is 0 Å². The number of ether oxygens (including phenoxy) is 2.